The molecule has 0 unspecified atom stereocenters. The van der Waals surface area contributed by atoms with E-state index in [1.54, 1.807) is 0 Å². The summed E-state index contributed by atoms with van der Waals surface area (Å²) in [6.45, 7) is 9.23. The van der Waals surface area contributed by atoms with Crippen LogP contribution in [0.15, 0.2) is 41.0 Å². The van der Waals surface area contributed by atoms with E-state index in [9.17, 15) is 4.79 Å². The van der Waals surface area contributed by atoms with Gasteiger partial charge in [0.2, 0.25) is 0 Å². The van der Waals surface area contributed by atoms with Crippen LogP contribution in [0.2, 0.25) is 0 Å². The first-order chi connectivity index (χ1) is 11.8. The Morgan fingerprint density at radius 1 is 1.40 bits per heavy atom. The second-order valence-electron chi connectivity index (χ2n) is 7.33. The number of hydrogen-bond acceptors (Lipinski definition) is 3. The van der Waals surface area contributed by atoms with Gasteiger partial charge < -0.3 is 10.4 Å². The first-order valence-corrected chi connectivity index (χ1v) is 9.70. The number of thiophene rings is 1. The van der Waals surface area contributed by atoms with E-state index in [1.807, 2.05) is 12.1 Å². The predicted molar refractivity (Wildman–Crippen MR) is 107 cm³/mol. The Morgan fingerprint density at radius 2 is 2.16 bits per heavy atom. The Hall–Kier alpha value is -1.65. The molecule has 1 aliphatic carbocycles. The van der Waals surface area contributed by atoms with E-state index in [0.717, 1.165) is 4.88 Å². The van der Waals surface area contributed by atoms with Crippen LogP contribution in [0.5, 0.6) is 0 Å². The van der Waals surface area contributed by atoms with Gasteiger partial charge in [-0.3, -0.25) is 4.79 Å². The van der Waals surface area contributed by atoms with Gasteiger partial charge in [-0.05, 0) is 67.9 Å². The van der Waals surface area contributed by atoms with E-state index in [2.05, 4.69) is 51.2 Å². The Kier molecular flexibility index (Phi) is 6.79. The maximum atomic E-state index is 11.9. The predicted octanol–water partition coefficient (Wildman–Crippen LogP) is 4.96. The molecule has 0 saturated heterocycles. The summed E-state index contributed by atoms with van der Waals surface area (Å²) in [6, 6.07) is 3.79. The van der Waals surface area contributed by atoms with Crippen LogP contribution in [-0.4, -0.2) is 24.2 Å². The molecule has 0 saturated carbocycles. The second-order valence-corrected chi connectivity index (χ2v) is 8.45. The number of aliphatic hydroxyl groups is 1. The van der Waals surface area contributed by atoms with Crippen LogP contribution >= 0.6 is 11.3 Å². The van der Waals surface area contributed by atoms with Crippen molar-refractivity contribution < 1.29 is 9.90 Å². The molecule has 0 atom stereocenters. The number of carbonyl (C=O) groups is 1. The van der Waals surface area contributed by atoms with E-state index >= 15 is 0 Å². The average molecular weight is 360 g/mol. The van der Waals surface area contributed by atoms with Gasteiger partial charge in [-0.2, -0.15) is 0 Å². The van der Waals surface area contributed by atoms with Gasteiger partial charge in [0.05, 0.1) is 11.5 Å². The van der Waals surface area contributed by atoms with Gasteiger partial charge in [0.25, 0.3) is 5.91 Å². The molecular formula is C21H29NO2S. The SMILES string of the molecule is CC1=C(C=C/C(C)=C/c2ccc(C(=O)NCCO)s2)C(C)(C)CCC1. The molecule has 0 fully saturated rings. The van der Waals surface area contributed by atoms with Gasteiger partial charge in [-0.15, -0.1) is 11.3 Å². The van der Waals surface area contributed by atoms with Crippen LogP contribution < -0.4 is 5.32 Å². The lowest BCUT2D eigenvalue weighted by atomic mass is 9.72. The van der Waals surface area contributed by atoms with Crippen LogP contribution in [0.3, 0.4) is 0 Å². The fourth-order valence-electron chi connectivity index (χ4n) is 3.31. The summed E-state index contributed by atoms with van der Waals surface area (Å²) in [4.78, 5) is 13.6. The summed E-state index contributed by atoms with van der Waals surface area (Å²) in [7, 11) is 0. The minimum absolute atomic E-state index is 0.0423. The Labute approximate surface area is 155 Å². The summed E-state index contributed by atoms with van der Waals surface area (Å²) in [5.74, 6) is -0.128. The van der Waals surface area contributed by atoms with Crippen molar-refractivity contribution in [3.63, 3.8) is 0 Å². The molecule has 1 aliphatic rings. The third kappa shape index (κ3) is 5.41. The number of nitrogens with one attached hydrogen (secondary N) is 1. The zero-order valence-corrected chi connectivity index (χ0v) is 16.5. The van der Waals surface area contributed by atoms with E-state index in [1.165, 1.54) is 47.3 Å². The molecule has 0 aliphatic heterocycles. The molecule has 25 heavy (non-hydrogen) atoms. The zero-order valence-electron chi connectivity index (χ0n) is 15.7. The van der Waals surface area contributed by atoms with Crippen molar-refractivity contribution in [1.29, 1.82) is 0 Å². The first kappa shape index (κ1) is 19.7. The lowest BCUT2D eigenvalue weighted by molar-refractivity contribution is 0.0949. The summed E-state index contributed by atoms with van der Waals surface area (Å²) in [5, 5.41) is 11.5. The van der Waals surface area contributed by atoms with E-state index in [-0.39, 0.29) is 24.5 Å². The molecule has 4 heteroatoms. The maximum absolute atomic E-state index is 11.9. The fraction of sp³-hybridized carbons (Fsp3) is 0.476. The summed E-state index contributed by atoms with van der Waals surface area (Å²) < 4.78 is 0. The molecule has 3 nitrogen and oxygen atoms in total. The highest BCUT2D eigenvalue weighted by Gasteiger charge is 2.26. The second kappa shape index (κ2) is 8.63. The topological polar surface area (TPSA) is 49.3 Å². The van der Waals surface area contributed by atoms with E-state index in [0.29, 0.717) is 4.88 Å². The van der Waals surface area contributed by atoms with Crippen molar-refractivity contribution in [3.8, 4) is 0 Å². The quantitative estimate of drug-likeness (QED) is 0.706. The molecule has 2 rings (SSSR count). The summed E-state index contributed by atoms with van der Waals surface area (Å²) in [6.07, 6.45) is 10.3. The van der Waals surface area contributed by atoms with Crippen molar-refractivity contribution in [2.24, 2.45) is 5.41 Å². The van der Waals surface area contributed by atoms with Gasteiger partial charge in [0.15, 0.2) is 0 Å². The molecule has 0 aromatic carbocycles. The lowest BCUT2D eigenvalue weighted by Crippen LogP contribution is -2.25. The Bertz CT molecular complexity index is 707. The first-order valence-electron chi connectivity index (χ1n) is 8.89. The Morgan fingerprint density at radius 3 is 2.84 bits per heavy atom. The largest absolute Gasteiger partial charge is 0.395 e. The standard InChI is InChI=1S/C21H29NO2S/c1-15(7-9-18-16(2)6-5-11-21(18,3)4)14-17-8-10-19(25-17)20(24)22-12-13-23/h7-10,14,23H,5-6,11-13H2,1-4H3,(H,22,24)/b9-7?,15-14+. The molecule has 1 amide bonds. The monoisotopic (exact) mass is 359 g/mol. The van der Waals surface area contributed by atoms with Crippen LogP contribution in [-0.2, 0) is 0 Å². The normalized spacial score (nSPS) is 18.0. The number of aliphatic hydroxyl groups excluding tert-OH is 1. The van der Waals surface area contributed by atoms with Crippen LogP contribution in [0, 0.1) is 5.41 Å². The molecule has 1 aromatic rings. The molecule has 0 spiro atoms. The number of rotatable bonds is 6. The van der Waals surface area contributed by atoms with Crippen LogP contribution in [0.25, 0.3) is 6.08 Å². The van der Waals surface area contributed by atoms with Gasteiger partial charge in [-0.25, -0.2) is 0 Å². The smallest absolute Gasteiger partial charge is 0.261 e. The molecule has 2 N–H and O–H groups in total. The molecule has 0 radical (unpaired) electrons. The van der Waals surface area contributed by atoms with E-state index in [4.69, 9.17) is 5.11 Å². The average Bonchev–Trinajstić information content (AvgIpc) is 3.00. The third-order valence-corrected chi connectivity index (χ3v) is 5.70. The number of hydrogen-bond donors (Lipinski definition) is 2. The molecule has 1 heterocycles. The van der Waals surface area contributed by atoms with Crippen molar-refractivity contribution in [2.45, 2.75) is 47.0 Å². The molecule has 1 aromatic heterocycles. The fourth-order valence-corrected chi connectivity index (χ4v) is 4.24. The summed E-state index contributed by atoms with van der Waals surface area (Å²) in [5.41, 5.74) is 4.38. The van der Waals surface area contributed by atoms with Gasteiger partial charge in [0.1, 0.15) is 0 Å². The van der Waals surface area contributed by atoms with Crippen molar-refractivity contribution in [3.05, 3.63) is 50.8 Å². The highest BCUT2D eigenvalue weighted by molar-refractivity contribution is 7.14. The van der Waals surface area contributed by atoms with Crippen LogP contribution in [0.4, 0.5) is 0 Å². The number of allylic oxidation sites excluding steroid dienone is 5. The minimum atomic E-state index is -0.128. The lowest BCUT2D eigenvalue weighted by Gasteiger charge is -2.32. The maximum Gasteiger partial charge on any atom is 0.261 e. The van der Waals surface area contributed by atoms with Gasteiger partial charge >= 0.3 is 0 Å². The van der Waals surface area contributed by atoms with Crippen molar-refractivity contribution in [1.82, 2.24) is 5.32 Å². The molecule has 136 valence electrons. The minimum Gasteiger partial charge on any atom is -0.395 e. The van der Waals surface area contributed by atoms with E-state index < -0.39 is 0 Å². The number of carbonyl (C=O) groups excluding carboxylic acids is 1. The highest BCUT2D eigenvalue weighted by atomic mass is 32.1. The summed E-state index contributed by atoms with van der Waals surface area (Å²) >= 11 is 1.47. The van der Waals surface area contributed by atoms with Crippen LogP contribution in [0.1, 0.15) is 61.5 Å². The Balaban J connectivity index is 2.09. The molecule has 0 bridgehead atoms. The highest BCUT2D eigenvalue weighted by Crippen LogP contribution is 2.40. The van der Waals surface area contributed by atoms with Crippen molar-refractivity contribution >= 4 is 23.3 Å². The van der Waals surface area contributed by atoms with Crippen molar-refractivity contribution in [2.75, 3.05) is 13.2 Å². The molecular weight excluding hydrogens is 330 g/mol. The van der Waals surface area contributed by atoms with Gasteiger partial charge in [-0.1, -0.05) is 31.6 Å². The number of amides is 1. The van der Waals surface area contributed by atoms with Gasteiger partial charge in [0, 0.05) is 11.4 Å². The third-order valence-electron chi connectivity index (χ3n) is 4.67. The zero-order chi connectivity index (χ0) is 18.4.